The summed E-state index contributed by atoms with van der Waals surface area (Å²) in [5.41, 5.74) is 0.0155. The van der Waals surface area contributed by atoms with Gasteiger partial charge in [-0.25, -0.2) is 0 Å². The van der Waals surface area contributed by atoms with Crippen molar-refractivity contribution < 1.29 is 5.11 Å². The van der Waals surface area contributed by atoms with E-state index in [-0.39, 0.29) is 5.54 Å². The highest BCUT2D eigenvalue weighted by Crippen LogP contribution is 2.36. The topological polar surface area (TPSA) is 38.7 Å². The molecule has 0 aromatic rings. The molecule has 0 bridgehead atoms. The second-order valence-corrected chi connectivity index (χ2v) is 7.47. The minimum absolute atomic E-state index is 0.0155. The number of aliphatic hydroxyl groups excluding tert-OH is 1. The van der Waals surface area contributed by atoms with Crippen molar-refractivity contribution in [2.75, 3.05) is 33.8 Å². The zero-order valence-corrected chi connectivity index (χ0v) is 13.1. The minimum atomic E-state index is 0.0155. The molecule has 2 saturated carbocycles. The lowest BCUT2D eigenvalue weighted by Crippen LogP contribution is -2.49. The Labute approximate surface area is 123 Å². The Morgan fingerprint density at radius 1 is 1.30 bits per heavy atom. The first-order valence-corrected chi connectivity index (χ1v) is 8.41. The molecule has 0 aromatic carbocycles. The van der Waals surface area contributed by atoms with E-state index in [9.17, 15) is 5.11 Å². The van der Waals surface area contributed by atoms with Crippen molar-refractivity contribution in [1.29, 1.82) is 0 Å². The van der Waals surface area contributed by atoms with Gasteiger partial charge in [0, 0.05) is 30.2 Å². The van der Waals surface area contributed by atoms with E-state index in [0.29, 0.717) is 18.7 Å². The maximum Gasteiger partial charge on any atom is 0.0614 e. The van der Waals surface area contributed by atoms with Gasteiger partial charge in [0.2, 0.25) is 0 Å². The molecule has 0 spiro atoms. The molecule has 0 radical (unpaired) electrons. The number of nitrogens with zero attached hydrogens (tertiary/aromatic N) is 2. The molecule has 4 nitrogen and oxygen atoms in total. The summed E-state index contributed by atoms with van der Waals surface area (Å²) in [5.74, 6) is 0. The van der Waals surface area contributed by atoms with Gasteiger partial charge in [0.25, 0.3) is 0 Å². The van der Waals surface area contributed by atoms with Crippen molar-refractivity contribution in [1.82, 2.24) is 15.1 Å². The van der Waals surface area contributed by atoms with Gasteiger partial charge in [0.05, 0.1) is 6.61 Å². The molecule has 3 atom stereocenters. The molecule has 2 aliphatic carbocycles. The highest BCUT2D eigenvalue weighted by molar-refractivity contribution is 5.03. The van der Waals surface area contributed by atoms with Gasteiger partial charge in [0.1, 0.15) is 0 Å². The maximum atomic E-state index is 9.83. The zero-order valence-electron chi connectivity index (χ0n) is 13.1. The first kappa shape index (κ1) is 14.8. The molecule has 4 heteroatoms. The summed E-state index contributed by atoms with van der Waals surface area (Å²) in [6.07, 6.45) is 8.78. The Hall–Kier alpha value is -0.160. The van der Waals surface area contributed by atoms with Crippen LogP contribution in [0.15, 0.2) is 0 Å². The lowest BCUT2D eigenvalue weighted by molar-refractivity contribution is 0.138. The van der Waals surface area contributed by atoms with Crippen molar-refractivity contribution in [2.45, 2.75) is 68.6 Å². The van der Waals surface area contributed by atoms with Crippen LogP contribution in [0.4, 0.5) is 0 Å². The SMILES string of the molecule is CN1CCCC1CN(C)C1CCC(CO)(NC2CC2)C1. The fourth-order valence-corrected chi connectivity index (χ4v) is 4.15. The molecule has 3 aliphatic rings. The lowest BCUT2D eigenvalue weighted by Gasteiger charge is -2.33. The van der Waals surface area contributed by atoms with Crippen LogP contribution in [0.3, 0.4) is 0 Å². The van der Waals surface area contributed by atoms with Crippen molar-refractivity contribution in [3.8, 4) is 0 Å². The fourth-order valence-electron chi connectivity index (χ4n) is 4.15. The van der Waals surface area contributed by atoms with Crippen LogP contribution in [0.5, 0.6) is 0 Å². The van der Waals surface area contributed by atoms with Crippen molar-refractivity contribution in [3.05, 3.63) is 0 Å². The van der Waals surface area contributed by atoms with Crippen LogP contribution in [0.2, 0.25) is 0 Å². The first-order valence-electron chi connectivity index (χ1n) is 8.41. The quantitative estimate of drug-likeness (QED) is 0.763. The average molecular weight is 281 g/mol. The predicted octanol–water partition coefficient (Wildman–Crippen LogP) is 1.05. The number of aliphatic hydroxyl groups is 1. The number of hydrogen-bond donors (Lipinski definition) is 2. The molecule has 3 fully saturated rings. The van der Waals surface area contributed by atoms with E-state index in [2.05, 4.69) is 29.2 Å². The molecule has 0 aromatic heterocycles. The Morgan fingerprint density at radius 2 is 2.10 bits per heavy atom. The second kappa shape index (κ2) is 5.91. The van der Waals surface area contributed by atoms with Gasteiger partial charge in [-0.05, 0) is 65.6 Å². The van der Waals surface area contributed by atoms with Crippen molar-refractivity contribution >= 4 is 0 Å². The number of likely N-dealkylation sites (tertiary alicyclic amines) is 1. The summed E-state index contributed by atoms with van der Waals surface area (Å²) in [7, 11) is 4.54. The normalized spacial score (nSPS) is 39.0. The minimum Gasteiger partial charge on any atom is -0.394 e. The molecule has 0 amide bonds. The van der Waals surface area contributed by atoms with Crippen LogP contribution >= 0.6 is 0 Å². The van der Waals surface area contributed by atoms with Crippen LogP contribution in [0.1, 0.15) is 44.9 Å². The summed E-state index contributed by atoms with van der Waals surface area (Å²) < 4.78 is 0. The first-order chi connectivity index (χ1) is 9.62. The third kappa shape index (κ3) is 3.19. The standard InChI is InChI=1S/C16H31N3O/c1-18-9-3-4-15(18)11-19(2)14-7-8-16(10-14,12-20)17-13-5-6-13/h13-15,17,20H,3-12H2,1-2H3. The van der Waals surface area contributed by atoms with Crippen LogP contribution in [-0.4, -0.2) is 72.4 Å². The molecule has 1 saturated heterocycles. The average Bonchev–Trinajstić information content (AvgIpc) is 2.99. The van der Waals surface area contributed by atoms with Crippen molar-refractivity contribution in [3.63, 3.8) is 0 Å². The Balaban J connectivity index is 1.52. The van der Waals surface area contributed by atoms with Gasteiger partial charge in [0.15, 0.2) is 0 Å². The smallest absolute Gasteiger partial charge is 0.0614 e. The van der Waals surface area contributed by atoms with Gasteiger partial charge in [-0.15, -0.1) is 0 Å². The summed E-state index contributed by atoms with van der Waals surface area (Å²) in [6, 6.07) is 2.06. The van der Waals surface area contributed by atoms with Gasteiger partial charge < -0.3 is 20.2 Å². The number of likely N-dealkylation sites (N-methyl/N-ethyl adjacent to an activating group) is 2. The van der Waals surface area contributed by atoms with Gasteiger partial charge >= 0.3 is 0 Å². The van der Waals surface area contributed by atoms with E-state index in [1.807, 2.05) is 0 Å². The van der Waals surface area contributed by atoms with E-state index in [1.54, 1.807) is 0 Å². The molecular weight excluding hydrogens is 250 g/mol. The molecule has 3 rings (SSSR count). The van der Waals surface area contributed by atoms with Gasteiger partial charge in [-0.3, -0.25) is 0 Å². The molecule has 1 heterocycles. The molecule has 20 heavy (non-hydrogen) atoms. The molecule has 116 valence electrons. The Morgan fingerprint density at radius 3 is 2.70 bits per heavy atom. The maximum absolute atomic E-state index is 9.83. The van der Waals surface area contributed by atoms with Crippen LogP contribution in [-0.2, 0) is 0 Å². The van der Waals surface area contributed by atoms with Gasteiger partial charge in [-0.1, -0.05) is 0 Å². The molecule has 2 N–H and O–H groups in total. The third-order valence-corrected chi connectivity index (χ3v) is 5.77. The fraction of sp³-hybridized carbons (Fsp3) is 1.00. The van der Waals surface area contributed by atoms with E-state index in [1.165, 1.54) is 45.2 Å². The largest absolute Gasteiger partial charge is 0.394 e. The highest BCUT2D eigenvalue weighted by atomic mass is 16.3. The van der Waals surface area contributed by atoms with E-state index in [4.69, 9.17) is 0 Å². The highest BCUT2D eigenvalue weighted by Gasteiger charge is 2.43. The molecule has 3 unspecified atom stereocenters. The second-order valence-electron chi connectivity index (χ2n) is 7.47. The van der Waals surface area contributed by atoms with E-state index in [0.717, 1.165) is 18.9 Å². The molecule has 1 aliphatic heterocycles. The third-order valence-electron chi connectivity index (χ3n) is 5.77. The number of rotatable bonds is 6. The molecular formula is C16H31N3O. The van der Waals surface area contributed by atoms with Gasteiger partial charge in [-0.2, -0.15) is 0 Å². The van der Waals surface area contributed by atoms with Crippen LogP contribution < -0.4 is 5.32 Å². The van der Waals surface area contributed by atoms with E-state index >= 15 is 0 Å². The monoisotopic (exact) mass is 281 g/mol. The zero-order chi connectivity index (χ0) is 14.2. The summed E-state index contributed by atoms with van der Waals surface area (Å²) in [4.78, 5) is 5.06. The summed E-state index contributed by atoms with van der Waals surface area (Å²) in [6.45, 7) is 2.75. The van der Waals surface area contributed by atoms with Crippen molar-refractivity contribution in [2.24, 2.45) is 0 Å². The number of hydrogen-bond acceptors (Lipinski definition) is 4. The van der Waals surface area contributed by atoms with Crippen LogP contribution in [0, 0.1) is 0 Å². The Bertz CT molecular complexity index is 334. The lowest BCUT2D eigenvalue weighted by atomic mass is 9.98. The Kier molecular flexibility index (Phi) is 4.37. The summed E-state index contributed by atoms with van der Waals surface area (Å²) >= 11 is 0. The van der Waals surface area contributed by atoms with E-state index < -0.39 is 0 Å². The number of nitrogens with one attached hydrogen (secondary N) is 1. The van der Waals surface area contributed by atoms with Crippen LogP contribution in [0.25, 0.3) is 0 Å². The predicted molar refractivity (Wildman–Crippen MR) is 81.9 cm³/mol. The summed E-state index contributed by atoms with van der Waals surface area (Å²) in [5, 5.41) is 13.5.